The van der Waals surface area contributed by atoms with Gasteiger partial charge in [0.25, 0.3) is 5.91 Å². The molecule has 17 heteroatoms. The number of hydrogen-bond acceptors (Lipinski definition) is 11. The van der Waals surface area contributed by atoms with Crippen LogP contribution in [-0.4, -0.2) is 135 Å². The predicted octanol–water partition coefficient (Wildman–Crippen LogP) is 5.90. The average Bonchev–Trinajstić information content (AvgIpc) is 3.87. The molecule has 7 rings (SSSR count). The molecule has 2 fully saturated rings. The number of piperazine rings is 1. The Morgan fingerprint density at radius 1 is 1.12 bits per heavy atom. The normalized spacial score (nSPS) is 22.4. The topological polar surface area (TPSA) is 172 Å². The van der Waals surface area contributed by atoms with Gasteiger partial charge in [-0.1, -0.05) is 40.3 Å². The fourth-order valence-corrected chi connectivity index (χ4v) is 10.7. The first kappa shape index (κ1) is 48.3. The molecule has 0 aliphatic carbocycles. The summed E-state index contributed by atoms with van der Waals surface area (Å²) in [5.74, 6) is -1.93. The molecule has 16 nitrogen and oxygen atoms in total. The van der Waals surface area contributed by atoms with E-state index in [4.69, 9.17) is 19.4 Å². The minimum atomic E-state index is -1.10. The third-order valence-electron chi connectivity index (χ3n) is 13.2. The molecule has 2 saturated heterocycles. The van der Waals surface area contributed by atoms with Crippen LogP contribution in [0.3, 0.4) is 0 Å². The van der Waals surface area contributed by atoms with Crippen LogP contribution in [-0.2, 0) is 48.5 Å². The van der Waals surface area contributed by atoms with E-state index in [0.29, 0.717) is 43.9 Å². The van der Waals surface area contributed by atoms with Gasteiger partial charge in [-0.15, -0.1) is 11.3 Å². The second kappa shape index (κ2) is 19.7. The van der Waals surface area contributed by atoms with E-state index < -0.39 is 41.3 Å². The van der Waals surface area contributed by atoms with Crippen LogP contribution < -0.4 is 10.7 Å². The number of aryl methyl sites for hydroxylation is 1. The highest BCUT2D eigenvalue weighted by molar-refractivity contribution is 7.10. The van der Waals surface area contributed by atoms with Gasteiger partial charge in [-0.3, -0.25) is 29.2 Å². The predicted molar refractivity (Wildman–Crippen MR) is 254 cm³/mol. The van der Waals surface area contributed by atoms with Crippen molar-refractivity contribution in [1.29, 1.82) is 0 Å². The lowest BCUT2D eigenvalue weighted by Gasteiger charge is -2.46. The fraction of sp³-hybridized carbons (Fsp3) is 0.531. The van der Waals surface area contributed by atoms with Gasteiger partial charge in [0.05, 0.1) is 34.8 Å². The Balaban J connectivity index is 1.25. The molecule has 6 bridgehead atoms. The van der Waals surface area contributed by atoms with Crippen molar-refractivity contribution in [3.05, 3.63) is 70.8 Å². The van der Waals surface area contributed by atoms with Crippen molar-refractivity contribution < 1.29 is 33.4 Å². The van der Waals surface area contributed by atoms with E-state index in [1.807, 2.05) is 52.1 Å². The van der Waals surface area contributed by atoms with E-state index in [-0.39, 0.29) is 49.1 Å². The zero-order valence-corrected chi connectivity index (χ0v) is 40.7. The molecule has 1 aromatic carbocycles. The largest absolute Gasteiger partial charge is 0.464 e. The minimum Gasteiger partial charge on any atom is -0.464 e. The number of hydrogen-bond donors (Lipinski definition) is 2. The molecule has 0 radical (unpaired) electrons. The number of ether oxygens (including phenoxy) is 2. The number of carbonyl (C=O) groups excluding carboxylic acids is 5. The molecular weight excluding hydrogens is 859 g/mol. The molecule has 0 unspecified atom stereocenters. The van der Waals surface area contributed by atoms with E-state index in [1.54, 1.807) is 30.2 Å². The molecule has 3 aromatic heterocycles. The quantitative estimate of drug-likeness (QED) is 0.160. The maximum Gasteiger partial charge on any atom is 0.324 e. The van der Waals surface area contributed by atoms with Gasteiger partial charge < -0.3 is 34.1 Å². The zero-order chi connectivity index (χ0) is 47.8. The van der Waals surface area contributed by atoms with Crippen molar-refractivity contribution in [2.75, 3.05) is 40.4 Å². The van der Waals surface area contributed by atoms with Gasteiger partial charge in [0, 0.05) is 98.4 Å². The van der Waals surface area contributed by atoms with Gasteiger partial charge in [-0.25, -0.2) is 15.2 Å². The second-order valence-electron chi connectivity index (χ2n) is 19.2. The van der Waals surface area contributed by atoms with Crippen LogP contribution >= 0.6 is 11.3 Å². The van der Waals surface area contributed by atoms with Crippen LogP contribution in [0, 0.1) is 11.3 Å². The van der Waals surface area contributed by atoms with Crippen LogP contribution in [0.15, 0.2) is 54.6 Å². The summed E-state index contributed by atoms with van der Waals surface area (Å²) in [6.07, 6.45) is 4.42. The number of pyridine rings is 1. The molecule has 3 aliphatic heterocycles. The number of nitrogens with one attached hydrogen (secondary N) is 2. The Morgan fingerprint density at radius 3 is 2.53 bits per heavy atom. The Kier molecular flexibility index (Phi) is 14.4. The summed E-state index contributed by atoms with van der Waals surface area (Å²) in [6.45, 7) is 18.3. The van der Waals surface area contributed by atoms with Crippen LogP contribution in [0.5, 0.6) is 0 Å². The maximum absolute atomic E-state index is 14.7. The number of esters is 1. The van der Waals surface area contributed by atoms with Crippen molar-refractivity contribution in [1.82, 2.24) is 45.0 Å². The summed E-state index contributed by atoms with van der Waals surface area (Å²) in [5.41, 5.74) is 9.11. The smallest absolute Gasteiger partial charge is 0.324 e. The summed E-state index contributed by atoms with van der Waals surface area (Å²) in [4.78, 5) is 84.5. The number of hydrazine groups is 1. The number of aromatic nitrogens is 3. The number of fused-ring (bicyclic) bond motifs is 6. The number of benzene rings is 1. The van der Waals surface area contributed by atoms with Crippen LogP contribution in [0.25, 0.3) is 33.4 Å². The van der Waals surface area contributed by atoms with E-state index >= 15 is 0 Å². The number of rotatable bonds is 8. The zero-order valence-electron chi connectivity index (χ0n) is 39.9. The molecule has 2 N–H and O–H groups in total. The molecule has 6 heterocycles. The van der Waals surface area contributed by atoms with Gasteiger partial charge in [0.1, 0.15) is 18.1 Å². The fourth-order valence-electron chi connectivity index (χ4n) is 9.86. The summed E-state index contributed by atoms with van der Waals surface area (Å²) >= 11 is 1.40. The Labute approximate surface area is 391 Å². The highest BCUT2D eigenvalue weighted by atomic mass is 32.1. The number of cyclic esters (lactones) is 1. The number of methoxy groups -OCH3 is 1. The molecule has 354 valence electrons. The third kappa shape index (κ3) is 9.74. The van der Waals surface area contributed by atoms with Crippen molar-refractivity contribution >= 4 is 52.0 Å². The highest BCUT2D eigenvalue weighted by Crippen LogP contribution is 2.41. The Bertz CT molecular complexity index is 2490. The molecule has 0 saturated carbocycles. The van der Waals surface area contributed by atoms with Crippen LogP contribution in [0.2, 0.25) is 0 Å². The standard InChI is InChI=1S/C49H65N9O7S/c1-12-41(59)56-24-29(4)58(30(5)25-56)48(63)55(10)43(28(2)3)45(60)52-37-22-40-51-38(26-66-40)32-17-18-39-34(21-32)35(44(54(39)9)33-15-13-19-50-42(33)31(6)64-11)23-49(7,8)27-65-47(62)36-16-14-20-57(53-36)46(37)61/h12-13,15,17-19,21,26,28-31,36-37,43,53H,1,14,16,20,22-25,27H2,2-11H3,(H,52,60)/t29-,30-,31-,36-,37-,43-/m0/s1. The minimum absolute atomic E-state index is 0.0665. The van der Waals surface area contributed by atoms with Crippen LogP contribution in [0.1, 0.15) is 83.7 Å². The van der Waals surface area contributed by atoms with Gasteiger partial charge in [0.2, 0.25) is 11.8 Å². The number of nitrogens with zero attached hydrogens (tertiary/aromatic N) is 7. The first-order chi connectivity index (χ1) is 31.3. The lowest BCUT2D eigenvalue weighted by atomic mass is 9.84. The summed E-state index contributed by atoms with van der Waals surface area (Å²) < 4.78 is 14.1. The van der Waals surface area contributed by atoms with Crippen molar-refractivity contribution in [3.63, 3.8) is 0 Å². The monoisotopic (exact) mass is 923 g/mol. The molecule has 4 aromatic rings. The van der Waals surface area contributed by atoms with Crippen molar-refractivity contribution in [2.24, 2.45) is 18.4 Å². The lowest BCUT2D eigenvalue weighted by molar-refractivity contribution is -0.155. The van der Waals surface area contributed by atoms with Crippen LogP contribution in [0.4, 0.5) is 4.79 Å². The first-order valence-electron chi connectivity index (χ1n) is 22.9. The Hall–Kier alpha value is -5.65. The van der Waals surface area contributed by atoms with E-state index in [0.717, 1.165) is 44.7 Å². The second-order valence-corrected chi connectivity index (χ2v) is 20.2. The number of amides is 5. The molecule has 3 aliphatic rings. The molecule has 66 heavy (non-hydrogen) atoms. The Morgan fingerprint density at radius 2 is 1.85 bits per heavy atom. The first-order valence-corrected chi connectivity index (χ1v) is 23.8. The highest BCUT2D eigenvalue weighted by Gasteiger charge is 2.41. The van der Waals surface area contributed by atoms with Gasteiger partial charge in [-0.05, 0) is 81.9 Å². The summed E-state index contributed by atoms with van der Waals surface area (Å²) in [5, 5.41) is 8.07. The van der Waals surface area contributed by atoms with E-state index in [9.17, 15) is 24.0 Å². The van der Waals surface area contributed by atoms with E-state index in [1.165, 1.54) is 27.3 Å². The van der Waals surface area contributed by atoms with Crippen molar-refractivity contribution in [3.8, 4) is 22.5 Å². The molecular formula is C49H65N9O7S. The van der Waals surface area contributed by atoms with Crippen molar-refractivity contribution in [2.45, 2.75) is 110 Å². The number of thiazole rings is 1. The number of likely N-dealkylation sites (N-methyl/N-ethyl adjacent to an activating group) is 1. The summed E-state index contributed by atoms with van der Waals surface area (Å²) in [6, 6.07) is 6.46. The van der Waals surface area contributed by atoms with Gasteiger partial charge >= 0.3 is 12.0 Å². The SMILES string of the molecule is C=CC(=O)N1C[C@H](C)N(C(=O)N(C)[C@H](C(=O)N[C@H]2Cc3nc(cs3)-c3ccc4c(c3)c(c(-c3cccnc3[C@H](C)OC)n4C)CC(C)(C)COC(=O)[C@@H]3CCCN(N3)C2=O)C(C)C)[C@@H](C)C1. The summed E-state index contributed by atoms with van der Waals surface area (Å²) in [7, 11) is 5.33. The molecule has 0 spiro atoms. The van der Waals surface area contributed by atoms with E-state index in [2.05, 4.69) is 61.0 Å². The third-order valence-corrected chi connectivity index (χ3v) is 14.1. The maximum atomic E-state index is 14.7. The number of urea groups is 1. The van der Waals surface area contributed by atoms with Gasteiger partial charge in [0.15, 0.2) is 0 Å². The van der Waals surface area contributed by atoms with Gasteiger partial charge in [-0.2, -0.15) is 0 Å². The lowest BCUT2D eigenvalue weighted by Crippen LogP contribution is -2.65. The molecule has 6 atom stereocenters. The molecule has 5 amide bonds. The average molecular weight is 924 g/mol. The number of carbonyl (C=O) groups is 5.